The lowest BCUT2D eigenvalue weighted by atomic mass is 10.1. The summed E-state index contributed by atoms with van der Waals surface area (Å²) in [5, 5.41) is 11.8. The Hall–Kier alpha value is -0.900. The van der Waals surface area contributed by atoms with Gasteiger partial charge in [-0.2, -0.15) is 5.10 Å². The number of rotatable bonds is 3. The van der Waals surface area contributed by atoms with Crippen molar-refractivity contribution in [3.63, 3.8) is 0 Å². The lowest BCUT2D eigenvalue weighted by Gasteiger charge is -2.18. The van der Waals surface area contributed by atoms with Gasteiger partial charge in [-0.15, -0.1) is 0 Å². The zero-order valence-corrected chi connectivity index (χ0v) is 13.1. The Bertz CT molecular complexity index is 588. The number of hydrogen-bond donors (Lipinski definition) is 2. The lowest BCUT2D eigenvalue weighted by Crippen LogP contribution is -2.08. The number of halogens is 3. The van der Waals surface area contributed by atoms with Gasteiger partial charge in [0.25, 0.3) is 0 Å². The van der Waals surface area contributed by atoms with Gasteiger partial charge in [0.05, 0.1) is 38.2 Å². The molecule has 0 fully saturated rings. The van der Waals surface area contributed by atoms with Gasteiger partial charge in [-0.25, -0.2) is 0 Å². The summed E-state index contributed by atoms with van der Waals surface area (Å²) < 4.78 is 0. The summed E-state index contributed by atoms with van der Waals surface area (Å²) in [5.41, 5.74) is 3.78. The van der Waals surface area contributed by atoms with E-state index >= 15 is 0 Å². The molecule has 1 atom stereocenters. The van der Waals surface area contributed by atoms with Gasteiger partial charge >= 0.3 is 0 Å². The Morgan fingerprint density at radius 1 is 1.16 bits per heavy atom. The van der Waals surface area contributed by atoms with E-state index in [1.807, 2.05) is 26.8 Å². The molecule has 3 nitrogen and oxygen atoms in total. The Labute approximate surface area is 127 Å². The SMILES string of the molecule is Cc1n[nH]c(C)c1NC(C)c1ccc(Cl)c(Cl)c1Cl. The number of nitrogens with zero attached hydrogens (tertiary/aromatic N) is 1. The van der Waals surface area contributed by atoms with Gasteiger partial charge in [0.1, 0.15) is 0 Å². The van der Waals surface area contributed by atoms with E-state index in [9.17, 15) is 0 Å². The molecule has 2 aromatic rings. The molecule has 0 aliphatic heterocycles. The molecule has 0 spiro atoms. The van der Waals surface area contributed by atoms with Crippen LogP contribution in [0.1, 0.15) is 29.9 Å². The molecule has 19 heavy (non-hydrogen) atoms. The molecule has 0 amide bonds. The molecular formula is C13H14Cl3N3. The standard InChI is InChI=1S/C13H14Cl3N3/c1-6(17-13-7(2)18-19-8(13)3)9-4-5-10(14)12(16)11(9)15/h4-6,17H,1-3H3,(H,18,19). The van der Waals surface area contributed by atoms with E-state index in [0.29, 0.717) is 15.1 Å². The van der Waals surface area contributed by atoms with Gasteiger partial charge in [0.15, 0.2) is 0 Å². The monoisotopic (exact) mass is 317 g/mol. The third-order valence-electron chi connectivity index (χ3n) is 3.02. The van der Waals surface area contributed by atoms with E-state index in [4.69, 9.17) is 34.8 Å². The van der Waals surface area contributed by atoms with E-state index in [2.05, 4.69) is 15.5 Å². The van der Waals surface area contributed by atoms with Crippen LogP contribution in [0.3, 0.4) is 0 Å². The van der Waals surface area contributed by atoms with Crippen molar-refractivity contribution in [1.82, 2.24) is 10.2 Å². The van der Waals surface area contributed by atoms with Crippen LogP contribution in [-0.4, -0.2) is 10.2 Å². The highest BCUT2D eigenvalue weighted by Crippen LogP contribution is 2.36. The van der Waals surface area contributed by atoms with Crippen LogP contribution in [0.25, 0.3) is 0 Å². The van der Waals surface area contributed by atoms with Crippen LogP contribution in [0, 0.1) is 13.8 Å². The van der Waals surface area contributed by atoms with Crippen LogP contribution in [0.5, 0.6) is 0 Å². The number of anilines is 1. The maximum absolute atomic E-state index is 6.23. The Morgan fingerprint density at radius 2 is 1.84 bits per heavy atom. The average molecular weight is 319 g/mol. The van der Waals surface area contributed by atoms with E-state index < -0.39 is 0 Å². The summed E-state index contributed by atoms with van der Waals surface area (Å²) >= 11 is 18.2. The van der Waals surface area contributed by atoms with E-state index in [1.165, 1.54) is 0 Å². The smallest absolute Gasteiger partial charge is 0.0825 e. The average Bonchev–Trinajstić information content (AvgIpc) is 2.68. The number of benzene rings is 1. The molecule has 1 heterocycles. The molecule has 2 rings (SSSR count). The van der Waals surface area contributed by atoms with Crippen LogP contribution < -0.4 is 5.32 Å². The third-order valence-corrected chi connectivity index (χ3v) is 4.33. The molecule has 0 saturated heterocycles. The van der Waals surface area contributed by atoms with E-state index in [-0.39, 0.29) is 6.04 Å². The predicted molar refractivity (Wildman–Crippen MR) is 81.6 cm³/mol. The number of nitrogens with one attached hydrogen (secondary N) is 2. The molecule has 1 aromatic carbocycles. The fraction of sp³-hybridized carbons (Fsp3) is 0.308. The maximum atomic E-state index is 6.23. The number of hydrogen-bond acceptors (Lipinski definition) is 2. The highest BCUT2D eigenvalue weighted by molar-refractivity contribution is 6.48. The van der Waals surface area contributed by atoms with Crippen molar-refractivity contribution >= 4 is 40.5 Å². The third kappa shape index (κ3) is 2.83. The van der Waals surface area contributed by atoms with Crippen molar-refractivity contribution in [2.24, 2.45) is 0 Å². The first kappa shape index (κ1) is 14.5. The van der Waals surface area contributed by atoms with Crippen molar-refractivity contribution < 1.29 is 0 Å². The van der Waals surface area contributed by atoms with Gasteiger partial charge in [0, 0.05) is 0 Å². The van der Waals surface area contributed by atoms with Gasteiger partial charge in [-0.05, 0) is 32.4 Å². The Morgan fingerprint density at radius 3 is 2.42 bits per heavy atom. The number of aryl methyl sites for hydroxylation is 2. The molecule has 0 radical (unpaired) electrons. The van der Waals surface area contributed by atoms with Gasteiger partial charge in [0.2, 0.25) is 0 Å². The van der Waals surface area contributed by atoms with E-state index in [0.717, 1.165) is 22.6 Å². The summed E-state index contributed by atoms with van der Waals surface area (Å²) in [7, 11) is 0. The topological polar surface area (TPSA) is 40.7 Å². The molecule has 1 aromatic heterocycles. The Kier molecular flexibility index (Phi) is 4.29. The zero-order valence-electron chi connectivity index (χ0n) is 10.8. The highest BCUT2D eigenvalue weighted by Gasteiger charge is 2.16. The van der Waals surface area contributed by atoms with Crippen molar-refractivity contribution in [2.45, 2.75) is 26.8 Å². The van der Waals surface area contributed by atoms with Crippen molar-refractivity contribution in [3.8, 4) is 0 Å². The second kappa shape index (κ2) is 5.61. The fourth-order valence-corrected chi connectivity index (χ4v) is 2.64. The van der Waals surface area contributed by atoms with Crippen LogP contribution in [0.2, 0.25) is 15.1 Å². The molecule has 0 aliphatic rings. The lowest BCUT2D eigenvalue weighted by molar-refractivity contribution is 0.881. The first-order chi connectivity index (χ1) is 8.91. The normalized spacial score (nSPS) is 12.5. The molecule has 1 unspecified atom stereocenters. The fourth-order valence-electron chi connectivity index (χ4n) is 1.93. The number of H-pyrrole nitrogens is 1. The zero-order chi connectivity index (χ0) is 14.2. The molecule has 6 heteroatoms. The first-order valence-electron chi connectivity index (χ1n) is 5.83. The van der Waals surface area contributed by atoms with Crippen molar-refractivity contribution in [3.05, 3.63) is 44.2 Å². The summed E-state index contributed by atoms with van der Waals surface area (Å²) in [6, 6.07) is 3.62. The molecule has 0 bridgehead atoms. The molecule has 0 saturated carbocycles. The van der Waals surface area contributed by atoms with Gasteiger partial charge < -0.3 is 5.32 Å². The minimum atomic E-state index is -0.00253. The molecule has 102 valence electrons. The summed E-state index contributed by atoms with van der Waals surface area (Å²) in [5.74, 6) is 0. The van der Waals surface area contributed by atoms with Crippen molar-refractivity contribution in [1.29, 1.82) is 0 Å². The first-order valence-corrected chi connectivity index (χ1v) is 6.96. The van der Waals surface area contributed by atoms with Gasteiger partial charge in [-0.3, -0.25) is 5.10 Å². The molecular weight excluding hydrogens is 305 g/mol. The van der Waals surface area contributed by atoms with Gasteiger partial charge in [-0.1, -0.05) is 40.9 Å². The van der Waals surface area contributed by atoms with Crippen LogP contribution in [0.15, 0.2) is 12.1 Å². The number of aromatic amines is 1. The minimum Gasteiger partial charge on any atom is -0.375 e. The van der Waals surface area contributed by atoms with Crippen LogP contribution in [0.4, 0.5) is 5.69 Å². The second-order valence-electron chi connectivity index (χ2n) is 4.44. The second-order valence-corrected chi connectivity index (χ2v) is 5.60. The summed E-state index contributed by atoms with van der Waals surface area (Å²) in [6.07, 6.45) is 0. The minimum absolute atomic E-state index is 0.00253. The largest absolute Gasteiger partial charge is 0.375 e. The maximum Gasteiger partial charge on any atom is 0.0825 e. The van der Waals surface area contributed by atoms with Crippen LogP contribution in [-0.2, 0) is 0 Å². The summed E-state index contributed by atoms with van der Waals surface area (Å²) in [4.78, 5) is 0. The quantitative estimate of drug-likeness (QED) is 0.767. The summed E-state index contributed by atoms with van der Waals surface area (Å²) in [6.45, 7) is 5.91. The number of aromatic nitrogens is 2. The molecule has 2 N–H and O–H groups in total. The highest BCUT2D eigenvalue weighted by atomic mass is 35.5. The Balaban J connectivity index is 2.31. The van der Waals surface area contributed by atoms with E-state index in [1.54, 1.807) is 6.07 Å². The molecule has 0 aliphatic carbocycles. The predicted octanol–water partition coefficient (Wildman–Crippen LogP) is 5.16. The van der Waals surface area contributed by atoms with Crippen LogP contribution >= 0.6 is 34.8 Å². The van der Waals surface area contributed by atoms with Crippen molar-refractivity contribution in [2.75, 3.05) is 5.32 Å².